The Balaban J connectivity index is 1.38. The highest BCUT2D eigenvalue weighted by molar-refractivity contribution is 6.24. The number of hydrogen-bond acceptors (Lipinski definition) is 4. The second-order valence-electron chi connectivity index (χ2n) is 10.9. The Labute approximate surface area is 244 Å². The molecule has 3 N–H and O–H groups in total. The van der Waals surface area contributed by atoms with Gasteiger partial charge in [0.2, 0.25) is 5.91 Å². The Bertz CT molecular complexity index is 1940. The number of nitrogens with one attached hydrogen (secondary N) is 3. The summed E-state index contributed by atoms with van der Waals surface area (Å²) in [6.07, 6.45) is 4.50. The van der Waals surface area contributed by atoms with Crippen LogP contribution < -0.4 is 26.4 Å². The molecule has 0 aromatic heterocycles. The zero-order valence-corrected chi connectivity index (χ0v) is 23.8. The van der Waals surface area contributed by atoms with Gasteiger partial charge in [-0.2, -0.15) is 0 Å². The van der Waals surface area contributed by atoms with Crippen LogP contribution in [0.1, 0.15) is 56.3 Å². The van der Waals surface area contributed by atoms with Crippen LogP contribution in [0, 0.1) is 17.4 Å². The van der Waals surface area contributed by atoms with Crippen molar-refractivity contribution in [3.63, 3.8) is 0 Å². The number of amides is 2. The van der Waals surface area contributed by atoms with Gasteiger partial charge < -0.3 is 16.0 Å². The van der Waals surface area contributed by atoms with Crippen LogP contribution in [-0.4, -0.2) is 31.2 Å². The van der Waals surface area contributed by atoms with Gasteiger partial charge in [0, 0.05) is 22.4 Å². The molecule has 0 fully saturated rings. The lowest BCUT2D eigenvalue weighted by Crippen LogP contribution is -2.37. The Morgan fingerprint density at radius 3 is 2.33 bits per heavy atom. The molecule has 2 aliphatic rings. The number of hydrogen-bond donors (Lipinski definition) is 3. The van der Waals surface area contributed by atoms with Crippen molar-refractivity contribution < 1.29 is 14.4 Å². The predicted molar refractivity (Wildman–Crippen MR) is 165 cm³/mol. The molecule has 0 bridgehead atoms. The monoisotopic (exact) mass is 555 g/mol. The molecule has 2 aliphatic carbocycles. The summed E-state index contributed by atoms with van der Waals surface area (Å²) in [5, 5.41) is 13.3. The van der Waals surface area contributed by atoms with Gasteiger partial charge in [-0.05, 0) is 107 Å². The third-order valence-electron chi connectivity index (χ3n) is 8.17. The molecule has 0 saturated carbocycles. The van der Waals surface area contributed by atoms with Gasteiger partial charge in [0.15, 0.2) is 5.78 Å². The molecule has 1 atom stereocenters. The first-order valence-electron chi connectivity index (χ1n) is 14.4. The van der Waals surface area contributed by atoms with Gasteiger partial charge in [0.1, 0.15) is 0 Å². The highest BCUT2D eigenvalue weighted by Crippen LogP contribution is 2.28. The molecule has 6 rings (SSSR count). The molecule has 1 unspecified atom stereocenters. The number of benzene rings is 4. The lowest BCUT2D eigenvalue weighted by molar-refractivity contribution is -0.120. The third kappa shape index (κ3) is 5.17. The van der Waals surface area contributed by atoms with Crippen molar-refractivity contribution in [2.75, 3.05) is 18.9 Å². The van der Waals surface area contributed by atoms with Crippen molar-refractivity contribution >= 4 is 34.9 Å². The van der Waals surface area contributed by atoms with E-state index >= 15 is 0 Å². The number of carbonyl (C=O) groups is 3. The molecule has 6 heteroatoms. The summed E-state index contributed by atoms with van der Waals surface area (Å²) in [7, 11) is 1.76. The first kappa shape index (κ1) is 27.4. The van der Waals surface area contributed by atoms with Crippen LogP contribution in [0.3, 0.4) is 0 Å². The van der Waals surface area contributed by atoms with E-state index < -0.39 is 0 Å². The van der Waals surface area contributed by atoms with Crippen LogP contribution in [0.15, 0.2) is 84.9 Å². The van der Waals surface area contributed by atoms with E-state index in [2.05, 4.69) is 46.3 Å². The summed E-state index contributed by atoms with van der Waals surface area (Å²) >= 11 is 0. The van der Waals surface area contributed by atoms with Crippen molar-refractivity contribution in [3.8, 4) is 0 Å². The summed E-state index contributed by atoms with van der Waals surface area (Å²) in [6.45, 7) is 2.13. The van der Waals surface area contributed by atoms with Gasteiger partial charge in [-0.3, -0.25) is 14.4 Å². The average Bonchev–Trinajstić information content (AvgIpc) is 3.00. The van der Waals surface area contributed by atoms with Gasteiger partial charge in [-0.15, -0.1) is 0 Å². The SMILES string of the molecule is CNCC(=O)NC1C=c2ccccc2=c2ccc3c(c21)CCCC=3C(=O)c1ccc(NC(=O)c2ccccc2C)cc1. The summed E-state index contributed by atoms with van der Waals surface area (Å²) in [5.41, 5.74) is 5.74. The zero-order chi connectivity index (χ0) is 29.2. The van der Waals surface area contributed by atoms with Crippen LogP contribution in [0.2, 0.25) is 0 Å². The van der Waals surface area contributed by atoms with Gasteiger partial charge >= 0.3 is 0 Å². The molecule has 210 valence electrons. The third-order valence-corrected chi connectivity index (χ3v) is 8.17. The molecule has 0 spiro atoms. The lowest BCUT2D eigenvalue weighted by atomic mass is 9.82. The van der Waals surface area contributed by atoms with E-state index in [-0.39, 0.29) is 30.2 Å². The van der Waals surface area contributed by atoms with Crippen molar-refractivity contribution in [1.82, 2.24) is 10.6 Å². The topological polar surface area (TPSA) is 87.3 Å². The fourth-order valence-corrected chi connectivity index (χ4v) is 6.17. The van der Waals surface area contributed by atoms with E-state index in [0.717, 1.165) is 56.0 Å². The molecule has 6 nitrogen and oxygen atoms in total. The predicted octanol–water partition coefficient (Wildman–Crippen LogP) is 4.08. The molecule has 2 amide bonds. The van der Waals surface area contributed by atoms with E-state index in [1.54, 1.807) is 37.4 Å². The Morgan fingerprint density at radius 2 is 1.55 bits per heavy atom. The normalized spacial score (nSPS) is 15.0. The first-order chi connectivity index (χ1) is 20.4. The summed E-state index contributed by atoms with van der Waals surface area (Å²) < 4.78 is 0. The van der Waals surface area contributed by atoms with Crippen LogP contribution in [-0.2, 0) is 11.2 Å². The Kier molecular flexibility index (Phi) is 7.55. The van der Waals surface area contributed by atoms with Crippen molar-refractivity contribution in [2.24, 2.45) is 0 Å². The molecule has 0 radical (unpaired) electrons. The van der Waals surface area contributed by atoms with Gasteiger partial charge in [-0.1, -0.05) is 54.6 Å². The number of likely N-dealkylation sites (N-methyl/N-ethyl adjacent to an activating group) is 1. The van der Waals surface area contributed by atoms with E-state index in [1.807, 2.05) is 37.3 Å². The molecule has 4 aromatic carbocycles. The van der Waals surface area contributed by atoms with Crippen molar-refractivity contribution in [2.45, 2.75) is 32.2 Å². The standard InChI is InChI=1S/C36H33N3O3/c1-22-8-3-5-10-26(22)36(42)38-25-16-14-23(15-17-25)35(41)31-13-7-12-29-28(31)18-19-30-27-11-6-4-9-24(27)20-32(34(29)30)39-33(40)21-37-2/h3-6,8-11,14-20,32,37H,7,12-13,21H2,1-2H3,(H,38,42)(H,39,40). The maximum atomic E-state index is 13.9. The van der Waals surface area contributed by atoms with Crippen molar-refractivity contribution in [3.05, 3.63) is 134 Å². The zero-order valence-electron chi connectivity index (χ0n) is 23.8. The molecule has 0 saturated heterocycles. The Hall–Kier alpha value is -4.81. The number of anilines is 1. The molecule has 0 aliphatic heterocycles. The largest absolute Gasteiger partial charge is 0.345 e. The first-order valence-corrected chi connectivity index (χ1v) is 14.4. The number of carbonyl (C=O) groups excluding carboxylic acids is 3. The molecule has 0 heterocycles. The molecular formula is C36H33N3O3. The Morgan fingerprint density at radius 1 is 0.810 bits per heavy atom. The van der Waals surface area contributed by atoms with Gasteiger partial charge in [0.05, 0.1) is 12.6 Å². The maximum absolute atomic E-state index is 13.9. The maximum Gasteiger partial charge on any atom is 0.255 e. The minimum Gasteiger partial charge on any atom is -0.345 e. The highest BCUT2D eigenvalue weighted by atomic mass is 16.2. The van der Waals surface area contributed by atoms with Crippen LogP contribution >= 0.6 is 0 Å². The fraction of sp³-hybridized carbons (Fsp3) is 0.194. The molecule has 42 heavy (non-hydrogen) atoms. The number of fused-ring (bicyclic) bond motifs is 4. The second-order valence-corrected chi connectivity index (χ2v) is 10.9. The summed E-state index contributed by atoms with van der Waals surface area (Å²) in [4.78, 5) is 39.3. The number of ketones is 1. The van der Waals surface area contributed by atoms with Crippen LogP contribution in [0.5, 0.6) is 0 Å². The van der Waals surface area contributed by atoms with E-state index in [9.17, 15) is 14.4 Å². The number of rotatable bonds is 7. The second kappa shape index (κ2) is 11.6. The highest BCUT2D eigenvalue weighted by Gasteiger charge is 2.25. The van der Waals surface area contributed by atoms with Gasteiger partial charge in [-0.25, -0.2) is 0 Å². The number of aryl methyl sites for hydroxylation is 1. The summed E-state index contributed by atoms with van der Waals surface area (Å²) in [6, 6.07) is 26.7. The minimum absolute atomic E-state index is 0.0105. The smallest absolute Gasteiger partial charge is 0.255 e. The fourth-order valence-electron chi connectivity index (χ4n) is 6.17. The minimum atomic E-state index is -0.281. The van der Waals surface area contributed by atoms with Crippen LogP contribution in [0.25, 0.3) is 11.6 Å². The van der Waals surface area contributed by atoms with E-state index in [0.29, 0.717) is 23.2 Å². The van der Waals surface area contributed by atoms with Crippen molar-refractivity contribution in [1.29, 1.82) is 0 Å². The average molecular weight is 556 g/mol. The van der Waals surface area contributed by atoms with Gasteiger partial charge in [0.25, 0.3) is 5.91 Å². The number of Topliss-reactive ketones (excluding diaryl/α,β-unsaturated/α-hetero) is 1. The lowest BCUT2D eigenvalue weighted by Gasteiger charge is -2.26. The quantitative estimate of drug-likeness (QED) is 0.300. The van der Waals surface area contributed by atoms with E-state index in [4.69, 9.17) is 0 Å². The van der Waals surface area contributed by atoms with Crippen LogP contribution in [0.4, 0.5) is 5.69 Å². The molecular weight excluding hydrogens is 522 g/mol. The summed E-state index contributed by atoms with van der Waals surface area (Å²) in [5.74, 6) is -0.265. The molecule has 4 aromatic rings. The van der Waals surface area contributed by atoms with E-state index in [1.165, 1.54) is 0 Å².